The third kappa shape index (κ3) is 5.58. The van der Waals surface area contributed by atoms with Gasteiger partial charge < -0.3 is 15.2 Å². The Morgan fingerprint density at radius 1 is 1.44 bits per heavy atom. The molecule has 0 heterocycles. The van der Waals surface area contributed by atoms with Gasteiger partial charge in [0.05, 0.1) is 0 Å². The summed E-state index contributed by atoms with van der Waals surface area (Å²) in [7, 11) is 1.79. The molecule has 5 heteroatoms. The van der Waals surface area contributed by atoms with E-state index >= 15 is 0 Å². The van der Waals surface area contributed by atoms with E-state index < -0.39 is 6.16 Å². The molecule has 1 unspecified atom stereocenters. The number of ether oxygens (including phenoxy) is 1. The van der Waals surface area contributed by atoms with Crippen LogP contribution in [0.25, 0.3) is 0 Å². The van der Waals surface area contributed by atoms with Crippen LogP contribution in [-0.2, 0) is 11.2 Å². The van der Waals surface area contributed by atoms with E-state index in [4.69, 9.17) is 5.11 Å². The van der Waals surface area contributed by atoms with Crippen LogP contribution in [0.1, 0.15) is 5.56 Å². The fourth-order valence-corrected chi connectivity index (χ4v) is 1.31. The van der Waals surface area contributed by atoms with Gasteiger partial charge in [-0.25, -0.2) is 4.79 Å². The molecule has 0 amide bonds. The monoisotopic (exact) mass is 245 g/mol. The van der Waals surface area contributed by atoms with Crippen LogP contribution in [0.2, 0.25) is 0 Å². The van der Waals surface area contributed by atoms with Crippen molar-refractivity contribution in [2.45, 2.75) is 12.5 Å². The maximum absolute atomic E-state index is 10.2. The van der Waals surface area contributed by atoms with Gasteiger partial charge in [0.25, 0.3) is 0 Å². The van der Waals surface area contributed by atoms with Crippen molar-refractivity contribution >= 4 is 18.6 Å². The van der Waals surface area contributed by atoms with Crippen LogP contribution in [-0.4, -0.2) is 31.0 Å². The van der Waals surface area contributed by atoms with Gasteiger partial charge in [-0.15, -0.1) is 12.4 Å². The molecule has 1 atom stereocenters. The Bertz CT molecular complexity index is 305. The minimum absolute atomic E-state index is 0. The number of carboxylic acid groups (broad SMARTS) is 1. The Morgan fingerprint density at radius 2 is 2.06 bits per heavy atom. The highest BCUT2D eigenvalue weighted by Gasteiger charge is 2.09. The first-order valence-electron chi connectivity index (χ1n) is 4.79. The van der Waals surface area contributed by atoms with Crippen LogP contribution in [0.3, 0.4) is 0 Å². The highest BCUT2D eigenvalue weighted by Crippen LogP contribution is 2.03. The van der Waals surface area contributed by atoms with Gasteiger partial charge in [-0.05, 0) is 19.0 Å². The van der Waals surface area contributed by atoms with Gasteiger partial charge in [0.2, 0.25) is 0 Å². The zero-order valence-electron chi connectivity index (χ0n) is 9.05. The average molecular weight is 246 g/mol. The normalized spacial score (nSPS) is 11.3. The molecule has 1 rings (SSSR count). The summed E-state index contributed by atoms with van der Waals surface area (Å²) in [6.07, 6.45) is -0.478. The molecule has 1 aromatic rings. The Kier molecular flexibility index (Phi) is 7.33. The molecular weight excluding hydrogens is 230 g/mol. The number of hydrogen-bond donors (Lipinski definition) is 2. The molecular formula is C11H16ClNO3. The van der Waals surface area contributed by atoms with Crippen molar-refractivity contribution in [3.63, 3.8) is 0 Å². The second-order valence-corrected chi connectivity index (χ2v) is 3.25. The number of rotatable bonds is 5. The van der Waals surface area contributed by atoms with Gasteiger partial charge in [-0.1, -0.05) is 30.3 Å². The Hall–Kier alpha value is -1.26. The van der Waals surface area contributed by atoms with E-state index in [1.807, 2.05) is 30.3 Å². The van der Waals surface area contributed by atoms with Crippen LogP contribution in [0.15, 0.2) is 30.3 Å². The molecule has 0 fully saturated rings. The van der Waals surface area contributed by atoms with Crippen molar-refractivity contribution in [2.24, 2.45) is 0 Å². The summed E-state index contributed by atoms with van der Waals surface area (Å²) in [5.41, 5.74) is 1.16. The lowest BCUT2D eigenvalue weighted by Crippen LogP contribution is -2.33. The summed E-state index contributed by atoms with van der Waals surface area (Å²) in [6.45, 7) is 0.167. The summed E-state index contributed by atoms with van der Waals surface area (Å²) in [6, 6.07) is 9.89. The Morgan fingerprint density at radius 3 is 2.56 bits per heavy atom. The van der Waals surface area contributed by atoms with E-state index in [0.717, 1.165) is 12.0 Å². The molecule has 0 aliphatic rings. The number of nitrogens with one attached hydrogen (secondary N) is 1. The number of carbonyl (C=O) groups is 1. The first kappa shape index (κ1) is 14.7. The smallest absolute Gasteiger partial charge is 0.450 e. The van der Waals surface area contributed by atoms with Crippen LogP contribution >= 0.6 is 12.4 Å². The van der Waals surface area contributed by atoms with E-state index in [9.17, 15) is 4.79 Å². The second kappa shape index (κ2) is 7.96. The number of likely N-dealkylation sites (N-methyl/N-ethyl adjacent to an activating group) is 1. The summed E-state index contributed by atoms with van der Waals surface area (Å²) < 4.78 is 4.52. The predicted molar refractivity (Wildman–Crippen MR) is 64.2 cm³/mol. The molecule has 0 radical (unpaired) electrons. The van der Waals surface area contributed by atoms with Crippen LogP contribution in [0.4, 0.5) is 4.79 Å². The summed E-state index contributed by atoms with van der Waals surface area (Å²) >= 11 is 0. The van der Waals surface area contributed by atoms with E-state index in [0.29, 0.717) is 0 Å². The average Bonchev–Trinajstić information content (AvgIpc) is 2.25. The minimum atomic E-state index is -1.23. The largest absolute Gasteiger partial charge is 0.505 e. The number of hydrogen-bond acceptors (Lipinski definition) is 3. The van der Waals surface area contributed by atoms with Crippen molar-refractivity contribution in [3.8, 4) is 0 Å². The fourth-order valence-electron chi connectivity index (χ4n) is 1.31. The van der Waals surface area contributed by atoms with Crippen molar-refractivity contribution in [1.82, 2.24) is 5.32 Å². The van der Waals surface area contributed by atoms with Gasteiger partial charge in [0, 0.05) is 6.04 Å². The molecule has 0 aliphatic heterocycles. The van der Waals surface area contributed by atoms with Gasteiger partial charge in [-0.2, -0.15) is 0 Å². The van der Waals surface area contributed by atoms with Crippen molar-refractivity contribution in [3.05, 3.63) is 35.9 Å². The molecule has 0 spiro atoms. The van der Waals surface area contributed by atoms with Gasteiger partial charge in [-0.3, -0.25) is 0 Å². The molecule has 0 saturated heterocycles. The van der Waals surface area contributed by atoms with E-state index in [1.54, 1.807) is 7.05 Å². The lowest BCUT2D eigenvalue weighted by atomic mass is 10.1. The van der Waals surface area contributed by atoms with Crippen molar-refractivity contribution in [1.29, 1.82) is 0 Å². The van der Waals surface area contributed by atoms with Gasteiger partial charge in [0.1, 0.15) is 6.61 Å². The van der Waals surface area contributed by atoms with E-state index in [1.165, 1.54) is 0 Å². The lowest BCUT2D eigenvalue weighted by Gasteiger charge is -2.14. The number of halogens is 1. The fraction of sp³-hybridized carbons (Fsp3) is 0.364. The molecule has 0 aliphatic carbocycles. The topological polar surface area (TPSA) is 58.6 Å². The predicted octanol–water partition coefficient (Wildman–Crippen LogP) is 1.93. The minimum Gasteiger partial charge on any atom is -0.450 e. The molecule has 4 nitrogen and oxygen atoms in total. The maximum Gasteiger partial charge on any atom is 0.505 e. The van der Waals surface area contributed by atoms with Gasteiger partial charge in [0.15, 0.2) is 0 Å². The van der Waals surface area contributed by atoms with Crippen molar-refractivity contribution in [2.75, 3.05) is 13.7 Å². The summed E-state index contributed by atoms with van der Waals surface area (Å²) in [5, 5.41) is 11.4. The first-order valence-corrected chi connectivity index (χ1v) is 4.79. The van der Waals surface area contributed by atoms with Crippen LogP contribution in [0.5, 0.6) is 0 Å². The van der Waals surface area contributed by atoms with E-state index in [2.05, 4.69) is 10.1 Å². The lowest BCUT2D eigenvalue weighted by molar-refractivity contribution is 0.0832. The molecule has 1 aromatic carbocycles. The molecule has 0 saturated carbocycles. The van der Waals surface area contributed by atoms with Gasteiger partial charge >= 0.3 is 6.16 Å². The second-order valence-electron chi connectivity index (χ2n) is 3.25. The maximum atomic E-state index is 10.2. The third-order valence-corrected chi connectivity index (χ3v) is 2.14. The summed E-state index contributed by atoms with van der Waals surface area (Å²) in [4.78, 5) is 10.2. The standard InChI is InChI=1S/C11H15NO3.ClH/c1-12-10(8-15-11(13)14)7-9-5-3-2-4-6-9;/h2-6,10,12H,7-8H2,1H3,(H,13,14);1H. The Balaban J connectivity index is 0.00000225. The Labute approximate surface area is 101 Å². The number of benzene rings is 1. The third-order valence-electron chi connectivity index (χ3n) is 2.14. The quantitative estimate of drug-likeness (QED) is 0.779. The van der Waals surface area contributed by atoms with E-state index in [-0.39, 0.29) is 25.1 Å². The molecule has 90 valence electrons. The van der Waals surface area contributed by atoms with Crippen LogP contribution in [0, 0.1) is 0 Å². The first-order chi connectivity index (χ1) is 7.22. The zero-order valence-corrected chi connectivity index (χ0v) is 9.87. The zero-order chi connectivity index (χ0) is 11.1. The molecule has 2 N–H and O–H groups in total. The molecule has 16 heavy (non-hydrogen) atoms. The highest BCUT2D eigenvalue weighted by molar-refractivity contribution is 5.85. The molecule has 0 aromatic heterocycles. The van der Waals surface area contributed by atoms with Crippen molar-refractivity contribution < 1.29 is 14.6 Å². The van der Waals surface area contributed by atoms with Crippen LogP contribution < -0.4 is 5.32 Å². The summed E-state index contributed by atoms with van der Waals surface area (Å²) in [5.74, 6) is 0. The molecule has 0 bridgehead atoms. The highest BCUT2D eigenvalue weighted by atomic mass is 35.5. The SMILES string of the molecule is CNC(COC(=O)O)Cc1ccccc1.Cl.